The molecule has 84 valence electrons. The van der Waals surface area contributed by atoms with Gasteiger partial charge in [0.2, 0.25) is 0 Å². The first kappa shape index (κ1) is 16.0. The van der Waals surface area contributed by atoms with Crippen LogP contribution in [0, 0.1) is 0 Å². The molecular formula is C14H21NaO. The van der Waals surface area contributed by atoms with Crippen molar-refractivity contribution >= 4 is 0 Å². The van der Waals surface area contributed by atoms with Gasteiger partial charge in [-0.2, -0.15) is 0 Å². The van der Waals surface area contributed by atoms with E-state index in [1.165, 1.54) is 32.1 Å². The number of unbranched alkanes of at least 4 members (excludes halogenated alkanes) is 5. The Bertz CT molecular complexity index is 273. The van der Waals surface area contributed by atoms with E-state index < -0.39 is 0 Å². The Morgan fingerprint density at radius 2 is 1.56 bits per heavy atom. The molecule has 0 atom stereocenters. The molecule has 0 saturated heterocycles. The predicted octanol–water partition coefficient (Wildman–Crippen LogP) is 0.667. The Hall–Kier alpha value is 0.0200. The third-order valence-corrected chi connectivity index (χ3v) is 2.77. The summed E-state index contributed by atoms with van der Waals surface area (Å²) in [4.78, 5) is 0. The van der Waals surface area contributed by atoms with Gasteiger partial charge in [-0.25, -0.2) is 0 Å². The molecule has 0 unspecified atom stereocenters. The van der Waals surface area contributed by atoms with Gasteiger partial charge >= 0.3 is 29.6 Å². The van der Waals surface area contributed by atoms with Crippen LogP contribution in [0.4, 0.5) is 0 Å². The summed E-state index contributed by atoms with van der Waals surface area (Å²) in [7, 11) is 0. The molecule has 1 nitrogen and oxygen atoms in total. The quantitative estimate of drug-likeness (QED) is 0.497. The molecule has 0 aliphatic heterocycles. The Labute approximate surface area is 122 Å². The van der Waals surface area contributed by atoms with Crippen LogP contribution >= 0.6 is 0 Å². The number of aryl methyl sites for hydroxylation is 1. The van der Waals surface area contributed by atoms with Crippen LogP contribution < -0.4 is 34.7 Å². The second-order valence-electron chi connectivity index (χ2n) is 4.13. The molecule has 0 aromatic heterocycles. The van der Waals surface area contributed by atoms with E-state index >= 15 is 0 Å². The first-order valence-corrected chi connectivity index (χ1v) is 6.09. The standard InChI is InChI=1S/C14H22O.Na/c1-2-3-4-5-6-7-10-13-11-8-9-12-14(13)15;/h8-9,11-12,15H,2-7,10H2,1H3;/q;+1/p-1. The van der Waals surface area contributed by atoms with Crippen molar-refractivity contribution in [2.75, 3.05) is 0 Å². The van der Waals surface area contributed by atoms with Crippen molar-refractivity contribution in [3.05, 3.63) is 29.8 Å². The van der Waals surface area contributed by atoms with Gasteiger partial charge in [0, 0.05) is 0 Å². The smallest absolute Gasteiger partial charge is 0.872 e. The summed E-state index contributed by atoms with van der Waals surface area (Å²) < 4.78 is 0. The molecule has 0 heterocycles. The van der Waals surface area contributed by atoms with Gasteiger partial charge in [-0.15, -0.1) is 5.75 Å². The van der Waals surface area contributed by atoms with Gasteiger partial charge in [0.15, 0.2) is 0 Å². The van der Waals surface area contributed by atoms with E-state index in [1.54, 1.807) is 6.07 Å². The van der Waals surface area contributed by atoms with Crippen LogP contribution in [-0.2, 0) is 6.42 Å². The van der Waals surface area contributed by atoms with Crippen LogP contribution in [0.15, 0.2) is 24.3 Å². The van der Waals surface area contributed by atoms with Crippen LogP contribution in [0.1, 0.15) is 51.0 Å². The van der Waals surface area contributed by atoms with E-state index in [-0.39, 0.29) is 35.3 Å². The van der Waals surface area contributed by atoms with E-state index in [4.69, 9.17) is 0 Å². The van der Waals surface area contributed by atoms with Crippen LogP contribution in [0.3, 0.4) is 0 Å². The molecule has 0 aliphatic rings. The van der Waals surface area contributed by atoms with Gasteiger partial charge < -0.3 is 5.11 Å². The molecule has 0 bridgehead atoms. The summed E-state index contributed by atoms with van der Waals surface area (Å²) in [5, 5.41) is 11.4. The maximum atomic E-state index is 11.4. The van der Waals surface area contributed by atoms with E-state index in [9.17, 15) is 5.11 Å². The average Bonchev–Trinajstić information content (AvgIpc) is 2.25. The van der Waals surface area contributed by atoms with Crippen LogP contribution in [0.5, 0.6) is 5.75 Å². The summed E-state index contributed by atoms with van der Waals surface area (Å²) in [6.07, 6.45) is 8.66. The molecule has 0 N–H and O–H groups in total. The molecule has 0 spiro atoms. The van der Waals surface area contributed by atoms with Crippen molar-refractivity contribution in [2.24, 2.45) is 0 Å². The Kier molecular flexibility index (Phi) is 10.2. The van der Waals surface area contributed by atoms with Gasteiger partial charge in [-0.1, -0.05) is 68.9 Å². The SMILES string of the molecule is CCCCCCCCc1ccccc1[O-].[Na+]. The fraction of sp³-hybridized carbons (Fsp3) is 0.571. The van der Waals surface area contributed by atoms with Gasteiger partial charge in [0.05, 0.1) is 0 Å². The number of rotatable bonds is 7. The second kappa shape index (κ2) is 10.2. The molecule has 0 aliphatic carbocycles. The molecule has 2 heteroatoms. The minimum absolute atomic E-state index is 0. The minimum Gasteiger partial charge on any atom is -0.872 e. The Morgan fingerprint density at radius 3 is 2.25 bits per heavy atom. The summed E-state index contributed by atoms with van der Waals surface area (Å²) in [5.41, 5.74) is 0.980. The second-order valence-corrected chi connectivity index (χ2v) is 4.13. The third-order valence-electron chi connectivity index (χ3n) is 2.77. The first-order chi connectivity index (χ1) is 7.34. The molecule has 16 heavy (non-hydrogen) atoms. The van der Waals surface area contributed by atoms with Gasteiger partial charge in [-0.05, 0) is 12.8 Å². The van der Waals surface area contributed by atoms with Crippen molar-refractivity contribution in [3.63, 3.8) is 0 Å². The fourth-order valence-electron chi connectivity index (χ4n) is 1.81. The van der Waals surface area contributed by atoms with Crippen molar-refractivity contribution in [3.8, 4) is 5.75 Å². The van der Waals surface area contributed by atoms with Gasteiger partial charge in [0.25, 0.3) is 0 Å². The van der Waals surface area contributed by atoms with Crippen LogP contribution in [-0.4, -0.2) is 0 Å². The van der Waals surface area contributed by atoms with Crippen molar-refractivity contribution in [1.29, 1.82) is 0 Å². The van der Waals surface area contributed by atoms with E-state index in [1.807, 2.05) is 18.2 Å². The largest absolute Gasteiger partial charge is 1.00 e. The number of para-hydroxylation sites is 1. The van der Waals surface area contributed by atoms with E-state index in [0.29, 0.717) is 0 Å². The molecule has 0 fully saturated rings. The maximum absolute atomic E-state index is 11.4. The Balaban J connectivity index is 0.00000225. The van der Waals surface area contributed by atoms with Crippen molar-refractivity contribution in [2.45, 2.75) is 51.9 Å². The first-order valence-electron chi connectivity index (χ1n) is 6.09. The molecule has 1 aromatic carbocycles. The minimum atomic E-state index is 0. The molecular weight excluding hydrogens is 207 g/mol. The fourth-order valence-corrected chi connectivity index (χ4v) is 1.81. The van der Waals surface area contributed by atoms with Gasteiger partial charge in [-0.3, -0.25) is 0 Å². The molecule has 0 radical (unpaired) electrons. The zero-order valence-corrected chi connectivity index (χ0v) is 12.7. The molecule has 1 rings (SSSR count). The monoisotopic (exact) mass is 228 g/mol. The normalized spacial score (nSPS) is 9.81. The summed E-state index contributed by atoms with van der Waals surface area (Å²) in [6.45, 7) is 2.23. The van der Waals surface area contributed by atoms with E-state index in [0.717, 1.165) is 18.4 Å². The summed E-state index contributed by atoms with van der Waals surface area (Å²) >= 11 is 0. The Morgan fingerprint density at radius 1 is 0.938 bits per heavy atom. The van der Waals surface area contributed by atoms with Gasteiger partial charge in [0.1, 0.15) is 0 Å². The van der Waals surface area contributed by atoms with Crippen molar-refractivity contribution in [1.82, 2.24) is 0 Å². The predicted molar refractivity (Wildman–Crippen MR) is 63.0 cm³/mol. The number of hydrogen-bond acceptors (Lipinski definition) is 1. The summed E-state index contributed by atoms with van der Waals surface area (Å²) in [6, 6.07) is 7.38. The molecule has 0 saturated carbocycles. The molecule has 1 aromatic rings. The number of benzene rings is 1. The third kappa shape index (κ3) is 6.57. The average molecular weight is 228 g/mol. The zero-order chi connectivity index (χ0) is 10.9. The molecule has 0 amide bonds. The number of hydrogen-bond donors (Lipinski definition) is 0. The van der Waals surface area contributed by atoms with Crippen molar-refractivity contribution < 1.29 is 34.7 Å². The zero-order valence-electron chi connectivity index (χ0n) is 10.7. The maximum Gasteiger partial charge on any atom is 1.00 e. The summed E-state index contributed by atoms with van der Waals surface area (Å²) in [5.74, 6) is 0.200. The van der Waals surface area contributed by atoms with Crippen LogP contribution in [0.2, 0.25) is 0 Å². The topological polar surface area (TPSA) is 23.1 Å². The van der Waals surface area contributed by atoms with Crippen LogP contribution in [0.25, 0.3) is 0 Å². The van der Waals surface area contributed by atoms with E-state index in [2.05, 4.69) is 6.92 Å².